The highest BCUT2D eigenvalue weighted by atomic mass is 31.2. The van der Waals surface area contributed by atoms with Gasteiger partial charge >= 0.3 is 7.60 Å². The number of aliphatic hydroxyl groups excluding tert-OH is 1. The molecule has 5 N–H and O–H groups in total. The number of aliphatic hydroxyl groups is 1. The van der Waals surface area contributed by atoms with Crippen molar-refractivity contribution in [3.05, 3.63) is 12.7 Å². The number of nitrogens with two attached hydrogens (primary N) is 1. The van der Waals surface area contributed by atoms with Crippen LogP contribution in [0.4, 0.5) is 5.82 Å². The Morgan fingerprint density at radius 1 is 1.29 bits per heavy atom. The van der Waals surface area contributed by atoms with Crippen LogP contribution in [0.1, 0.15) is 19.1 Å². The number of anilines is 1. The first-order valence-electron chi connectivity index (χ1n) is 7.20. The van der Waals surface area contributed by atoms with E-state index in [1.807, 2.05) is 0 Å². The van der Waals surface area contributed by atoms with Gasteiger partial charge in [0.05, 0.1) is 19.5 Å². The fourth-order valence-electron chi connectivity index (χ4n) is 2.04. The number of nitrogens with zero attached hydrogens (tertiary/aromatic N) is 4. The van der Waals surface area contributed by atoms with E-state index in [0.717, 1.165) is 0 Å². The monoisotopic (exact) mass is 361 g/mol. The Kier molecular flexibility index (Phi) is 6.60. The maximum Gasteiger partial charge on any atom is 0.350 e. The molecule has 0 saturated carbocycles. The first kappa shape index (κ1) is 18.7. The second kappa shape index (κ2) is 8.47. The Morgan fingerprint density at radius 3 is 2.79 bits per heavy atom. The quantitative estimate of drug-likeness (QED) is 0.330. The number of ether oxygens (including phenoxy) is 2. The molecule has 1 atom stereocenters. The average Bonchev–Trinajstić information content (AvgIpc) is 2.94. The van der Waals surface area contributed by atoms with Gasteiger partial charge in [0.2, 0.25) is 0 Å². The van der Waals surface area contributed by atoms with Crippen LogP contribution in [0, 0.1) is 0 Å². The van der Waals surface area contributed by atoms with Gasteiger partial charge in [0.15, 0.2) is 11.5 Å². The number of rotatable bonds is 10. The Labute approximate surface area is 137 Å². The number of nitrogen functional groups attached to an aromatic ring is 1. The predicted octanol–water partition coefficient (Wildman–Crippen LogP) is -0.152. The van der Waals surface area contributed by atoms with E-state index in [1.54, 1.807) is 4.57 Å². The zero-order chi connectivity index (χ0) is 17.6. The van der Waals surface area contributed by atoms with E-state index < -0.39 is 20.2 Å². The molecule has 0 spiro atoms. The van der Waals surface area contributed by atoms with Gasteiger partial charge < -0.3 is 30.1 Å². The Hall–Kier alpha value is -1.62. The Balaban J connectivity index is 2.09. The molecule has 2 aromatic rings. The van der Waals surface area contributed by atoms with E-state index in [2.05, 4.69) is 15.0 Å². The zero-order valence-corrected chi connectivity index (χ0v) is 13.7. The number of hydrogen-bond acceptors (Lipinski definition) is 8. The summed E-state index contributed by atoms with van der Waals surface area (Å²) in [6.07, 6.45) is 2.38. The van der Waals surface area contributed by atoms with Gasteiger partial charge in [0, 0.05) is 13.0 Å². The molecule has 11 nitrogen and oxygen atoms in total. The molecular weight excluding hydrogens is 341 g/mol. The van der Waals surface area contributed by atoms with E-state index in [0.29, 0.717) is 30.6 Å². The van der Waals surface area contributed by atoms with Crippen molar-refractivity contribution in [3.8, 4) is 0 Å². The van der Waals surface area contributed by atoms with E-state index >= 15 is 0 Å². The van der Waals surface area contributed by atoms with Gasteiger partial charge in [-0.05, 0) is 6.42 Å². The van der Waals surface area contributed by atoms with Gasteiger partial charge in [-0.15, -0.1) is 0 Å². The minimum Gasteiger partial charge on any atom is -0.396 e. The van der Waals surface area contributed by atoms with Crippen LogP contribution >= 0.6 is 7.60 Å². The van der Waals surface area contributed by atoms with Crippen LogP contribution in [-0.2, 0) is 14.0 Å². The highest BCUT2D eigenvalue weighted by Crippen LogP contribution is 2.34. The van der Waals surface area contributed by atoms with Crippen molar-refractivity contribution in [1.29, 1.82) is 0 Å². The molecule has 0 aliphatic heterocycles. The third kappa shape index (κ3) is 5.20. The smallest absolute Gasteiger partial charge is 0.350 e. The van der Waals surface area contributed by atoms with Crippen molar-refractivity contribution in [2.45, 2.75) is 19.1 Å². The summed E-state index contributed by atoms with van der Waals surface area (Å²) in [6.45, 7) is 0.344. The predicted molar refractivity (Wildman–Crippen MR) is 83.9 cm³/mol. The third-order valence-corrected chi connectivity index (χ3v) is 3.60. The van der Waals surface area contributed by atoms with Crippen LogP contribution in [0.5, 0.6) is 0 Å². The summed E-state index contributed by atoms with van der Waals surface area (Å²) >= 11 is 0. The van der Waals surface area contributed by atoms with Crippen LogP contribution in [0.15, 0.2) is 12.7 Å². The highest BCUT2D eigenvalue weighted by molar-refractivity contribution is 7.51. The minimum absolute atomic E-state index is 0.0127. The van der Waals surface area contributed by atoms with Crippen molar-refractivity contribution in [2.24, 2.45) is 0 Å². The first-order valence-corrected chi connectivity index (χ1v) is 9.00. The maximum atomic E-state index is 10.8. The van der Waals surface area contributed by atoms with Gasteiger partial charge in [-0.1, -0.05) is 0 Å². The highest BCUT2D eigenvalue weighted by Gasteiger charge is 2.18. The fraction of sp³-hybridized carbons (Fsp3) is 0.583. The van der Waals surface area contributed by atoms with Crippen molar-refractivity contribution in [1.82, 2.24) is 19.5 Å². The zero-order valence-electron chi connectivity index (χ0n) is 12.9. The number of aromatic nitrogens is 4. The molecule has 134 valence electrons. The second-order valence-corrected chi connectivity index (χ2v) is 6.56. The van der Waals surface area contributed by atoms with Crippen LogP contribution < -0.4 is 5.73 Å². The lowest BCUT2D eigenvalue weighted by atomic mass is 10.3. The third-order valence-electron chi connectivity index (χ3n) is 3.08. The van der Waals surface area contributed by atoms with Crippen molar-refractivity contribution < 1.29 is 28.9 Å². The van der Waals surface area contributed by atoms with E-state index in [4.69, 9.17) is 30.1 Å². The van der Waals surface area contributed by atoms with Gasteiger partial charge in [-0.25, -0.2) is 15.0 Å². The van der Waals surface area contributed by atoms with E-state index in [9.17, 15) is 4.57 Å². The molecule has 0 fully saturated rings. The standard InChI is InChI=1S/C12H20N5O6P/c13-11-10-12(15-6-14-11)17(7-16-10)9(23-4-1-3-18)2-5-22-8-24(19,20)21/h6-7,9,18H,1-5,8H2,(H2,13,14,15)(H2,19,20,21). The van der Waals surface area contributed by atoms with Crippen molar-refractivity contribution in [3.63, 3.8) is 0 Å². The molecule has 12 heteroatoms. The lowest BCUT2D eigenvalue weighted by Gasteiger charge is -2.19. The number of fused-ring (bicyclic) bond motifs is 1. The maximum absolute atomic E-state index is 10.8. The Morgan fingerprint density at radius 2 is 2.08 bits per heavy atom. The first-order chi connectivity index (χ1) is 11.4. The molecule has 0 aromatic carbocycles. The molecule has 2 aromatic heterocycles. The number of hydrogen-bond donors (Lipinski definition) is 4. The van der Waals surface area contributed by atoms with Gasteiger partial charge in [-0.2, -0.15) is 0 Å². The summed E-state index contributed by atoms with van der Waals surface area (Å²) in [6, 6.07) is 0. The summed E-state index contributed by atoms with van der Waals surface area (Å²) < 4.78 is 23.1. The minimum atomic E-state index is -4.21. The summed E-state index contributed by atoms with van der Waals surface area (Å²) in [5.74, 6) is 0.241. The van der Waals surface area contributed by atoms with Crippen molar-refractivity contribution in [2.75, 3.05) is 31.9 Å². The summed E-state index contributed by atoms with van der Waals surface area (Å²) in [5, 5.41) is 8.87. The van der Waals surface area contributed by atoms with Crippen molar-refractivity contribution >= 4 is 24.6 Å². The van der Waals surface area contributed by atoms with Gasteiger partial charge in [0.25, 0.3) is 0 Å². The van der Waals surface area contributed by atoms with Crippen LogP contribution in [0.2, 0.25) is 0 Å². The lowest BCUT2D eigenvalue weighted by molar-refractivity contribution is -0.0224. The molecule has 2 heterocycles. The van der Waals surface area contributed by atoms with E-state index in [1.165, 1.54) is 12.7 Å². The largest absolute Gasteiger partial charge is 0.396 e. The summed E-state index contributed by atoms with van der Waals surface area (Å²) in [4.78, 5) is 29.7. The molecule has 0 aliphatic carbocycles. The molecule has 0 radical (unpaired) electrons. The van der Waals surface area contributed by atoms with Crippen LogP contribution in [-0.4, -0.2) is 60.6 Å². The van der Waals surface area contributed by atoms with Gasteiger partial charge in [0.1, 0.15) is 24.4 Å². The molecule has 0 aliphatic rings. The van der Waals surface area contributed by atoms with Crippen LogP contribution in [0.25, 0.3) is 11.2 Å². The Bertz CT molecular complexity index is 704. The molecule has 0 amide bonds. The molecule has 2 rings (SSSR count). The average molecular weight is 361 g/mol. The molecule has 0 saturated heterocycles. The lowest BCUT2D eigenvalue weighted by Crippen LogP contribution is -2.17. The van der Waals surface area contributed by atoms with E-state index in [-0.39, 0.29) is 19.0 Å². The molecular formula is C12H20N5O6P. The number of imidazole rings is 1. The summed E-state index contributed by atoms with van der Waals surface area (Å²) in [7, 11) is -4.21. The second-order valence-electron chi connectivity index (χ2n) is 4.98. The SMILES string of the molecule is Nc1ncnc2c1ncn2C(CCOCP(=O)(O)O)OCCCO. The molecule has 1 unspecified atom stereocenters. The molecule has 0 bridgehead atoms. The topological polar surface area (TPSA) is 166 Å². The normalized spacial score (nSPS) is 13.5. The molecule has 24 heavy (non-hydrogen) atoms. The fourth-order valence-corrected chi connectivity index (χ4v) is 2.40. The van der Waals surface area contributed by atoms with Gasteiger partial charge in [-0.3, -0.25) is 9.13 Å². The van der Waals surface area contributed by atoms with Crippen LogP contribution in [0.3, 0.4) is 0 Å². The summed E-state index contributed by atoms with van der Waals surface area (Å²) in [5.41, 5.74) is 6.66.